The van der Waals surface area contributed by atoms with Crippen molar-refractivity contribution in [3.63, 3.8) is 0 Å². The molecule has 2 atom stereocenters. The number of guanidine groups is 1. The first-order chi connectivity index (χ1) is 10.2. The lowest BCUT2D eigenvalue weighted by Crippen LogP contribution is -2.42. The van der Waals surface area contributed by atoms with Gasteiger partial charge in [-0.3, -0.25) is 4.99 Å². The fourth-order valence-corrected chi connectivity index (χ4v) is 3.91. The Morgan fingerprint density at radius 2 is 2.29 bits per heavy atom. The summed E-state index contributed by atoms with van der Waals surface area (Å²) in [6.45, 7) is 9.36. The summed E-state index contributed by atoms with van der Waals surface area (Å²) in [7, 11) is 2.22. The Balaban J connectivity index is 1.61. The maximum atomic E-state index is 5.63. The van der Waals surface area contributed by atoms with Crippen LogP contribution in [0.15, 0.2) is 4.99 Å². The topological polar surface area (TPSA) is 40.1 Å². The third kappa shape index (κ3) is 3.34. The SMILES string of the molecule is CCNC(=NCC1CCCN1C)N1CCC2(CCOC2)C1. The summed E-state index contributed by atoms with van der Waals surface area (Å²) in [4.78, 5) is 9.83. The fraction of sp³-hybridized carbons (Fsp3) is 0.938. The smallest absolute Gasteiger partial charge is 0.193 e. The van der Waals surface area contributed by atoms with E-state index in [1.165, 1.54) is 32.2 Å². The predicted octanol–water partition coefficient (Wildman–Crippen LogP) is 1.16. The second-order valence-electron chi connectivity index (χ2n) is 6.95. The Morgan fingerprint density at radius 3 is 2.95 bits per heavy atom. The number of aliphatic imine (C=N–C) groups is 1. The summed E-state index contributed by atoms with van der Waals surface area (Å²) in [6.07, 6.45) is 5.07. The molecule has 0 bridgehead atoms. The van der Waals surface area contributed by atoms with Gasteiger partial charge >= 0.3 is 0 Å². The van der Waals surface area contributed by atoms with Gasteiger partial charge in [0.15, 0.2) is 5.96 Å². The number of hydrogen-bond acceptors (Lipinski definition) is 3. The van der Waals surface area contributed by atoms with Gasteiger partial charge < -0.3 is 19.9 Å². The molecular formula is C16H30N4O. The highest BCUT2D eigenvalue weighted by Gasteiger charge is 2.42. The molecule has 3 rings (SSSR count). The van der Waals surface area contributed by atoms with Crippen molar-refractivity contribution in [2.24, 2.45) is 10.4 Å². The van der Waals surface area contributed by atoms with E-state index in [2.05, 4.69) is 29.1 Å². The molecule has 3 heterocycles. The van der Waals surface area contributed by atoms with Crippen LogP contribution in [0.3, 0.4) is 0 Å². The molecule has 0 aromatic rings. The largest absolute Gasteiger partial charge is 0.381 e. The van der Waals surface area contributed by atoms with Crippen LogP contribution in [0, 0.1) is 5.41 Å². The van der Waals surface area contributed by atoms with E-state index in [1.54, 1.807) is 0 Å². The van der Waals surface area contributed by atoms with Gasteiger partial charge in [0.1, 0.15) is 0 Å². The maximum absolute atomic E-state index is 5.63. The van der Waals surface area contributed by atoms with Gasteiger partial charge in [0.05, 0.1) is 13.2 Å². The first-order valence-corrected chi connectivity index (χ1v) is 8.54. The minimum atomic E-state index is 0.403. The molecule has 1 N–H and O–H groups in total. The molecule has 3 saturated heterocycles. The van der Waals surface area contributed by atoms with Gasteiger partial charge in [-0.2, -0.15) is 0 Å². The Labute approximate surface area is 128 Å². The lowest BCUT2D eigenvalue weighted by atomic mass is 9.87. The number of rotatable bonds is 3. The number of hydrogen-bond donors (Lipinski definition) is 1. The molecule has 0 saturated carbocycles. The standard InChI is InChI=1S/C16H30N4O/c1-3-17-15(18-11-14-5-4-8-19(14)2)20-9-6-16(12-20)7-10-21-13-16/h14H,3-13H2,1-2H3,(H,17,18). The van der Waals surface area contributed by atoms with Gasteiger partial charge in [0.2, 0.25) is 0 Å². The number of nitrogens with zero attached hydrogens (tertiary/aromatic N) is 3. The average Bonchev–Trinajstić information content (AvgIpc) is 3.19. The molecule has 3 fully saturated rings. The van der Waals surface area contributed by atoms with Crippen LogP contribution in [0.1, 0.15) is 32.6 Å². The first kappa shape index (κ1) is 15.1. The van der Waals surface area contributed by atoms with Crippen LogP contribution in [0.4, 0.5) is 0 Å². The monoisotopic (exact) mass is 294 g/mol. The third-order valence-corrected chi connectivity index (χ3v) is 5.38. The van der Waals surface area contributed by atoms with E-state index in [0.29, 0.717) is 11.5 Å². The number of likely N-dealkylation sites (N-methyl/N-ethyl adjacent to an activating group) is 1. The molecule has 0 aliphatic carbocycles. The van der Waals surface area contributed by atoms with Crippen molar-refractivity contribution in [1.82, 2.24) is 15.1 Å². The van der Waals surface area contributed by atoms with Gasteiger partial charge in [-0.15, -0.1) is 0 Å². The third-order valence-electron chi connectivity index (χ3n) is 5.38. The lowest BCUT2D eigenvalue weighted by Gasteiger charge is -2.26. The molecule has 0 amide bonds. The molecule has 0 radical (unpaired) electrons. The molecule has 0 aromatic carbocycles. The average molecular weight is 294 g/mol. The van der Waals surface area contributed by atoms with Gasteiger partial charge in [-0.25, -0.2) is 0 Å². The van der Waals surface area contributed by atoms with Crippen molar-refractivity contribution >= 4 is 5.96 Å². The summed E-state index contributed by atoms with van der Waals surface area (Å²) in [6, 6.07) is 0.630. The van der Waals surface area contributed by atoms with Crippen LogP contribution >= 0.6 is 0 Å². The summed E-state index contributed by atoms with van der Waals surface area (Å²) >= 11 is 0. The normalized spacial score (nSPS) is 34.3. The van der Waals surface area contributed by atoms with Gasteiger partial charge in [-0.05, 0) is 46.2 Å². The molecule has 120 valence electrons. The Bertz CT molecular complexity index is 378. The Kier molecular flexibility index (Phi) is 4.69. The molecule has 0 aromatic heterocycles. The molecule has 3 aliphatic heterocycles. The van der Waals surface area contributed by atoms with Crippen molar-refractivity contribution in [1.29, 1.82) is 0 Å². The highest BCUT2D eigenvalue weighted by molar-refractivity contribution is 5.80. The number of likely N-dealkylation sites (tertiary alicyclic amines) is 2. The number of ether oxygens (including phenoxy) is 1. The van der Waals surface area contributed by atoms with Crippen LogP contribution < -0.4 is 5.32 Å². The Hall–Kier alpha value is -0.810. The molecule has 5 heteroatoms. The molecule has 21 heavy (non-hydrogen) atoms. The van der Waals surface area contributed by atoms with Crippen molar-refractivity contribution in [3.05, 3.63) is 0 Å². The van der Waals surface area contributed by atoms with E-state index in [4.69, 9.17) is 9.73 Å². The van der Waals surface area contributed by atoms with Crippen molar-refractivity contribution in [2.45, 2.75) is 38.6 Å². The number of nitrogens with one attached hydrogen (secondary N) is 1. The Morgan fingerprint density at radius 1 is 1.38 bits per heavy atom. The molecule has 2 unspecified atom stereocenters. The maximum Gasteiger partial charge on any atom is 0.193 e. The quantitative estimate of drug-likeness (QED) is 0.626. The second-order valence-corrected chi connectivity index (χ2v) is 6.95. The van der Waals surface area contributed by atoms with E-state index < -0.39 is 0 Å². The van der Waals surface area contributed by atoms with Crippen molar-refractivity contribution < 1.29 is 4.74 Å². The van der Waals surface area contributed by atoms with Crippen LogP contribution in [0.5, 0.6) is 0 Å². The summed E-state index contributed by atoms with van der Waals surface area (Å²) < 4.78 is 5.63. The van der Waals surface area contributed by atoms with E-state index in [9.17, 15) is 0 Å². The van der Waals surface area contributed by atoms with Crippen LogP contribution in [-0.2, 0) is 4.74 Å². The van der Waals surface area contributed by atoms with Crippen LogP contribution in [0.2, 0.25) is 0 Å². The van der Waals surface area contributed by atoms with E-state index in [1.807, 2.05) is 0 Å². The molecular weight excluding hydrogens is 264 g/mol. The first-order valence-electron chi connectivity index (χ1n) is 8.54. The predicted molar refractivity (Wildman–Crippen MR) is 85.7 cm³/mol. The minimum Gasteiger partial charge on any atom is -0.381 e. The highest BCUT2D eigenvalue weighted by Crippen LogP contribution is 2.38. The van der Waals surface area contributed by atoms with Gasteiger partial charge in [0, 0.05) is 37.7 Å². The van der Waals surface area contributed by atoms with Crippen LogP contribution in [0.25, 0.3) is 0 Å². The summed E-state index contributed by atoms with van der Waals surface area (Å²) in [5.41, 5.74) is 0.403. The van der Waals surface area contributed by atoms with Crippen LogP contribution in [-0.4, -0.2) is 74.8 Å². The zero-order valence-electron chi connectivity index (χ0n) is 13.6. The van der Waals surface area contributed by atoms with E-state index in [0.717, 1.165) is 45.4 Å². The van der Waals surface area contributed by atoms with Gasteiger partial charge in [-0.1, -0.05) is 0 Å². The van der Waals surface area contributed by atoms with Gasteiger partial charge in [0.25, 0.3) is 0 Å². The lowest BCUT2D eigenvalue weighted by molar-refractivity contribution is 0.156. The van der Waals surface area contributed by atoms with E-state index >= 15 is 0 Å². The highest BCUT2D eigenvalue weighted by atomic mass is 16.5. The fourth-order valence-electron chi connectivity index (χ4n) is 3.91. The summed E-state index contributed by atoms with van der Waals surface area (Å²) in [5.74, 6) is 1.11. The van der Waals surface area contributed by atoms with Crippen molar-refractivity contribution in [2.75, 3.05) is 53.0 Å². The zero-order valence-corrected chi connectivity index (χ0v) is 13.6. The van der Waals surface area contributed by atoms with Crippen molar-refractivity contribution in [3.8, 4) is 0 Å². The molecule has 1 spiro atoms. The molecule has 3 aliphatic rings. The zero-order chi connectivity index (χ0) is 14.7. The molecule has 5 nitrogen and oxygen atoms in total. The minimum absolute atomic E-state index is 0.403. The van der Waals surface area contributed by atoms with E-state index in [-0.39, 0.29) is 0 Å². The summed E-state index contributed by atoms with van der Waals surface area (Å²) in [5, 5.41) is 3.49. The second kappa shape index (κ2) is 6.53.